The highest BCUT2D eigenvalue weighted by Gasteiger charge is 2.09. The number of aromatic nitrogens is 2. The van der Waals surface area contributed by atoms with Crippen LogP contribution in [0.1, 0.15) is 17.3 Å². The van der Waals surface area contributed by atoms with Crippen molar-refractivity contribution in [1.82, 2.24) is 10.1 Å². The second-order valence-corrected chi connectivity index (χ2v) is 7.91. The summed E-state index contributed by atoms with van der Waals surface area (Å²) in [6.07, 6.45) is 1.08. The van der Waals surface area contributed by atoms with Crippen LogP contribution in [0.15, 0.2) is 22.7 Å². The second kappa shape index (κ2) is 7.67. The average molecular weight is 370 g/mol. The van der Waals surface area contributed by atoms with Gasteiger partial charge in [-0.1, -0.05) is 11.2 Å². The van der Waals surface area contributed by atoms with E-state index in [0.717, 1.165) is 11.8 Å². The smallest absolute Gasteiger partial charge is 0.234 e. The Hall–Kier alpha value is -2.07. The van der Waals surface area contributed by atoms with Crippen LogP contribution in [0.3, 0.4) is 0 Å². The van der Waals surface area contributed by atoms with Gasteiger partial charge in [-0.3, -0.25) is 9.52 Å². The highest BCUT2D eigenvalue weighted by molar-refractivity contribution is 7.99. The number of nitrogens with zero attached hydrogens (tertiary/aromatic N) is 2. The summed E-state index contributed by atoms with van der Waals surface area (Å²) in [4.78, 5) is 16.0. The summed E-state index contributed by atoms with van der Waals surface area (Å²) in [6.45, 7) is 3.48. The van der Waals surface area contributed by atoms with Crippen molar-refractivity contribution >= 4 is 39.1 Å². The molecule has 2 aromatic rings. The van der Waals surface area contributed by atoms with Gasteiger partial charge >= 0.3 is 0 Å². The Morgan fingerprint density at radius 1 is 1.33 bits per heavy atom. The van der Waals surface area contributed by atoms with Gasteiger partial charge in [-0.25, -0.2) is 8.42 Å². The average Bonchev–Trinajstić information content (AvgIpc) is 2.86. The number of carbonyl (C=O) groups is 1. The van der Waals surface area contributed by atoms with E-state index in [1.165, 1.54) is 11.8 Å². The molecule has 0 unspecified atom stereocenters. The predicted molar refractivity (Wildman–Crippen MR) is 93.5 cm³/mol. The summed E-state index contributed by atoms with van der Waals surface area (Å²) < 4.78 is 30.0. The van der Waals surface area contributed by atoms with Crippen LogP contribution in [0.25, 0.3) is 0 Å². The number of rotatable bonds is 7. The van der Waals surface area contributed by atoms with Crippen LogP contribution < -0.4 is 10.0 Å². The van der Waals surface area contributed by atoms with Crippen LogP contribution in [-0.2, 0) is 20.6 Å². The SMILES string of the molecule is Cc1nc(CSCC(=O)Nc2ccc(C)c(NS(C)(=O)=O)c2)no1. The molecule has 130 valence electrons. The third-order valence-electron chi connectivity index (χ3n) is 2.85. The fourth-order valence-electron chi connectivity index (χ4n) is 1.84. The molecule has 1 heterocycles. The summed E-state index contributed by atoms with van der Waals surface area (Å²) in [5.74, 6) is 1.52. The molecule has 0 spiro atoms. The van der Waals surface area contributed by atoms with Gasteiger partial charge in [-0.2, -0.15) is 4.98 Å². The van der Waals surface area contributed by atoms with Gasteiger partial charge in [0.05, 0.1) is 23.4 Å². The minimum atomic E-state index is -3.38. The number of benzene rings is 1. The van der Waals surface area contributed by atoms with E-state index in [9.17, 15) is 13.2 Å². The topological polar surface area (TPSA) is 114 Å². The van der Waals surface area contributed by atoms with E-state index in [-0.39, 0.29) is 11.7 Å². The molecule has 8 nitrogen and oxygen atoms in total. The zero-order chi connectivity index (χ0) is 17.7. The molecule has 1 aromatic heterocycles. The van der Waals surface area contributed by atoms with Crippen molar-refractivity contribution in [2.45, 2.75) is 19.6 Å². The fraction of sp³-hybridized carbons (Fsp3) is 0.357. The third kappa shape index (κ3) is 5.85. The van der Waals surface area contributed by atoms with Crippen molar-refractivity contribution < 1.29 is 17.7 Å². The number of anilines is 2. The molecule has 0 aliphatic heterocycles. The maximum absolute atomic E-state index is 12.0. The molecule has 0 bridgehead atoms. The quantitative estimate of drug-likeness (QED) is 0.765. The fourth-order valence-corrected chi connectivity index (χ4v) is 3.12. The maximum Gasteiger partial charge on any atom is 0.234 e. The number of sulfonamides is 1. The number of aryl methyl sites for hydroxylation is 2. The van der Waals surface area contributed by atoms with Crippen LogP contribution in [0, 0.1) is 13.8 Å². The van der Waals surface area contributed by atoms with Crippen LogP contribution in [0.4, 0.5) is 11.4 Å². The lowest BCUT2D eigenvalue weighted by Gasteiger charge is -2.11. The predicted octanol–water partition coefficient (Wildman–Crippen LogP) is 1.93. The first-order valence-electron chi connectivity index (χ1n) is 6.98. The molecule has 0 radical (unpaired) electrons. The molecule has 2 N–H and O–H groups in total. The first-order valence-corrected chi connectivity index (χ1v) is 10.0. The van der Waals surface area contributed by atoms with Gasteiger partial charge in [0.1, 0.15) is 0 Å². The summed E-state index contributed by atoms with van der Waals surface area (Å²) >= 11 is 1.36. The minimum absolute atomic E-state index is 0.200. The molecule has 10 heteroatoms. The van der Waals surface area contributed by atoms with E-state index in [1.807, 2.05) is 0 Å². The summed E-state index contributed by atoms with van der Waals surface area (Å²) in [7, 11) is -3.38. The molecule has 1 amide bonds. The minimum Gasteiger partial charge on any atom is -0.340 e. The Labute approximate surface area is 144 Å². The number of thioether (sulfide) groups is 1. The standard InChI is InChI=1S/C14H18N4O4S2/c1-9-4-5-11(6-12(9)18-24(3,20)21)16-14(19)8-23-7-13-15-10(2)22-17-13/h4-6,18H,7-8H2,1-3H3,(H,16,19). The van der Waals surface area contributed by atoms with Gasteiger partial charge in [0.2, 0.25) is 21.8 Å². The lowest BCUT2D eigenvalue weighted by Crippen LogP contribution is -2.15. The van der Waals surface area contributed by atoms with Crippen molar-refractivity contribution in [3.63, 3.8) is 0 Å². The number of carbonyl (C=O) groups excluding carboxylic acids is 1. The molecule has 0 fully saturated rings. The Kier molecular flexibility index (Phi) is 5.84. The maximum atomic E-state index is 12.0. The van der Waals surface area contributed by atoms with E-state index in [1.54, 1.807) is 32.0 Å². The Balaban J connectivity index is 1.90. The monoisotopic (exact) mass is 370 g/mol. The van der Waals surface area contributed by atoms with Crippen molar-refractivity contribution in [3.8, 4) is 0 Å². The molecule has 0 saturated heterocycles. The van der Waals surface area contributed by atoms with Crippen LogP contribution >= 0.6 is 11.8 Å². The molecular formula is C14H18N4O4S2. The van der Waals surface area contributed by atoms with E-state index in [0.29, 0.717) is 28.8 Å². The van der Waals surface area contributed by atoms with Crippen LogP contribution in [0.2, 0.25) is 0 Å². The van der Waals surface area contributed by atoms with Gasteiger partial charge in [-0.15, -0.1) is 11.8 Å². The van der Waals surface area contributed by atoms with Crippen molar-refractivity contribution in [1.29, 1.82) is 0 Å². The lowest BCUT2D eigenvalue weighted by atomic mass is 10.2. The Bertz CT molecular complexity index is 833. The molecule has 0 aliphatic rings. The van der Waals surface area contributed by atoms with Gasteiger partial charge in [0.15, 0.2) is 5.82 Å². The first kappa shape index (κ1) is 18.3. The van der Waals surface area contributed by atoms with Gasteiger partial charge < -0.3 is 9.84 Å². The normalized spacial score (nSPS) is 11.3. The number of nitrogens with one attached hydrogen (secondary N) is 2. The summed E-state index contributed by atoms with van der Waals surface area (Å²) in [5, 5.41) is 6.48. The van der Waals surface area contributed by atoms with E-state index >= 15 is 0 Å². The molecule has 2 rings (SSSR count). The molecule has 1 aromatic carbocycles. The summed E-state index contributed by atoms with van der Waals surface area (Å²) in [6, 6.07) is 5.04. The second-order valence-electron chi connectivity index (χ2n) is 5.17. The molecule has 24 heavy (non-hydrogen) atoms. The Morgan fingerprint density at radius 3 is 2.71 bits per heavy atom. The zero-order valence-corrected chi connectivity index (χ0v) is 15.1. The number of hydrogen-bond donors (Lipinski definition) is 2. The zero-order valence-electron chi connectivity index (χ0n) is 13.5. The van der Waals surface area contributed by atoms with Crippen molar-refractivity contribution in [3.05, 3.63) is 35.5 Å². The first-order chi connectivity index (χ1) is 11.2. The largest absolute Gasteiger partial charge is 0.340 e. The van der Waals surface area contributed by atoms with Crippen LogP contribution in [-0.4, -0.2) is 36.5 Å². The van der Waals surface area contributed by atoms with Crippen molar-refractivity contribution in [2.24, 2.45) is 0 Å². The van der Waals surface area contributed by atoms with Gasteiger partial charge in [0, 0.05) is 12.6 Å². The highest BCUT2D eigenvalue weighted by Crippen LogP contribution is 2.21. The van der Waals surface area contributed by atoms with E-state index in [4.69, 9.17) is 4.52 Å². The van der Waals surface area contributed by atoms with Gasteiger partial charge in [-0.05, 0) is 24.6 Å². The molecule has 0 saturated carbocycles. The van der Waals surface area contributed by atoms with E-state index in [2.05, 4.69) is 20.2 Å². The van der Waals surface area contributed by atoms with Crippen molar-refractivity contribution in [2.75, 3.05) is 22.0 Å². The highest BCUT2D eigenvalue weighted by atomic mass is 32.2. The molecular weight excluding hydrogens is 352 g/mol. The number of hydrogen-bond acceptors (Lipinski definition) is 7. The van der Waals surface area contributed by atoms with Crippen LogP contribution in [0.5, 0.6) is 0 Å². The third-order valence-corrected chi connectivity index (χ3v) is 4.37. The lowest BCUT2D eigenvalue weighted by molar-refractivity contribution is -0.113. The van der Waals surface area contributed by atoms with Gasteiger partial charge in [0.25, 0.3) is 0 Å². The summed E-state index contributed by atoms with van der Waals surface area (Å²) in [5.41, 5.74) is 1.72. The Morgan fingerprint density at radius 2 is 2.08 bits per heavy atom. The molecule has 0 atom stereocenters. The van der Waals surface area contributed by atoms with E-state index < -0.39 is 10.0 Å². The molecule has 0 aliphatic carbocycles. The number of amides is 1.